The summed E-state index contributed by atoms with van der Waals surface area (Å²) in [6, 6.07) is -0.963. The van der Waals surface area contributed by atoms with Gasteiger partial charge in [-0.25, -0.2) is 8.78 Å². The minimum Gasteiger partial charge on any atom is -0.323 e. The Labute approximate surface area is 47.9 Å². The first-order valence-corrected chi connectivity index (χ1v) is 2.59. The van der Waals surface area contributed by atoms with E-state index in [1.807, 2.05) is 0 Å². The molecule has 0 bridgehead atoms. The monoisotopic (exact) mass is 123 g/mol. The van der Waals surface area contributed by atoms with Gasteiger partial charge in [0.15, 0.2) is 0 Å². The third-order valence-corrected chi connectivity index (χ3v) is 1.06. The fourth-order valence-corrected chi connectivity index (χ4v) is 0.291. The van der Waals surface area contributed by atoms with Crippen LogP contribution in [-0.4, -0.2) is 12.5 Å². The highest BCUT2D eigenvalue weighted by atomic mass is 19.3. The zero-order valence-corrected chi connectivity index (χ0v) is 5.07. The molecule has 0 aliphatic heterocycles. The van der Waals surface area contributed by atoms with Crippen molar-refractivity contribution >= 4 is 0 Å². The van der Waals surface area contributed by atoms with E-state index in [9.17, 15) is 8.78 Å². The second-order valence-corrected chi connectivity index (χ2v) is 2.16. The van der Waals surface area contributed by atoms with E-state index in [2.05, 4.69) is 0 Å². The molecule has 50 valence electrons. The van der Waals surface area contributed by atoms with Crippen molar-refractivity contribution in [1.82, 2.24) is 0 Å². The fourth-order valence-electron chi connectivity index (χ4n) is 0.291. The van der Waals surface area contributed by atoms with Crippen molar-refractivity contribution in [2.45, 2.75) is 26.3 Å². The van der Waals surface area contributed by atoms with Crippen LogP contribution in [0.15, 0.2) is 0 Å². The smallest absolute Gasteiger partial charge is 0.253 e. The fraction of sp³-hybridized carbons (Fsp3) is 1.00. The Morgan fingerprint density at radius 3 is 1.62 bits per heavy atom. The first kappa shape index (κ1) is 7.82. The lowest BCUT2D eigenvalue weighted by molar-refractivity contribution is 0.0962. The first-order valence-electron chi connectivity index (χ1n) is 2.59. The Bertz CT molecular complexity index is 55.4. The molecule has 1 atom stereocenters. The maximum absolute atomic E-state index is 11.6. The van der Waals surface area contributed by atoms with Crippen LogP contribution in [-0.2, 0) is 0 Å². The Morgan fingerprint density at radius 2 is 1.62 bits per heavy atom. The van der Waals surface area contributed by atoms with Crippen molar-refractivity contribution in [3.8, 4) is 0 Å². The van der Waals surface area contributed by atoms with Crippen LogP contribution in [0.3, 0.4) is 0 Å². The van der Waals surface area contributed by atoms with Gasteiger partial charge in [-0.3, -0.25) is 0 Å². The molecule has 0 rings (SSSR count). The van der Waals surface area contributed by atoms with Gasteiger partial charge in [0.1, 0.15) is 0 Å². The lowest BCUT2D eigenvalue weighted by Gasteiger charge is -2.12. The average molecular weight is 123 g/mol. The molecule has 0 aromatic heterocycles. The largest absolute Gasteiger partial charge is 0.323 e. The van der Waals surface area contributed by atoms with Gasteiger partial charge < -0.3 is 5.73 Å². The minimum absolute atomic E-state index is 0.130. The molecule has 0 fully saturated rings. The highest BCUT2D eigenvalue weighted by molar-refractivity contribution is 4.66. The van der Waals surface area contributed by atoms with Crippen molar-refractivity contribution in [3.05, 3.63) is 0 Å². The molecule has 0 saturated carbocycles. The Morgan fingerprint density at radius 1 is 1.25 bits per heavy atom. The molecule has 8 heavy (non-hydrogen) atoms. The summed E-state index contributed by atoms with van der Waals surface area (Å²) in [5.41, 5.74) is 5.01. The van der Waals surface area contributed by atoms with Gasteiger partial charge in [-0.05, 0) is 5.92 Å². The highest BCUT2D eigenvalue weighted by Crippen LogP contribution is 2.06. The molecule has 2 N–H and O–H groups in total. The van der Waals surface area contributed by atoms with Gasteiger partial charge in [0.25, 0.3) is 6.43 Å². The molecule has 0 aromatic carbocycles. The van der Waals surface area contributed by atoms with E-state index in [0.29, 0.717) is 0 Å². The number of hydrogen-bond acceptors (Lipinski definition) is 1. The van der Waals surface area contributed by atoms with Crippen molar-refractivity contribution < 1.29 is 8.78 Å². The lowest BCUT2D eigenvalue weighted by Crippen LogP contribution is -2.33. The van der Waals surface area contributed by atoms with Gasteiger partial charge in [0.2, 0.25) is 0 Å². The van der Waals surface area contributed by atoms with Crippen molar-refractivity contribution in [2.75, 3.05) is 0 Å². The van der Waals surface area contributed by atoms with E-state index in [-0.39, 0.29) is 5.92 Å². The zero-order valence-electron chi connectivity index (χ0n) is 5.07. The van der Waals surface area contributed by atoms with E-state index >= 15 is 0 Å². The summed E-state index contributed by atoms with van der Waals surface area (Å²) in [4.78, 5) is 0. The van der Waals surface area contributed by atoms with Crippen molar-refractivity contribution in [2.24, 2.45) is 11.7 Å². The van der Waals surface area contributed by atoms with Crippen LogP contribution in [0.4, 0.5) is 8.78 Å². The van der Waals surface area contributed by atoms with E-state index < -0.39 is 12.5 Å². The van der Waals surface area contributed by atoms with Crippen LogP contribution in [0.2, 0.25) is 0 Å². The molecule has 1 nitrogen and oxygen atoms in total. The second kappa shape index (κ2) is 2.97. The summed E-state index contributed by atoms with van der Waals surface area (Å²) in [7, 11) is 0. The van der Waals surface area contributed by atoms with Crippen LogP contribution < -0.4 is 5.73 Å². The third kappa shape index (κ3) is 2.21. The van der Waals surface area contributed by atoms with Crippen LogP contribution in [0, 0.1) is 5.92 Å². The zero-order chi connectivity index (χ0) is 6.73. The minimum atomic E-state index is -2.38. The van der Waals surface area contributed by atoms with Crippen LogP contribution in [0.5, 0.6) is 0 Å². The topological polar surface area (TPSA) is 26.0 Å². The summed E-state index contributed by atoms with van der Waals surface area (Å²) in [6.45, 7) is 3.35. The van der Waals surface area contributed by atoms with Crippen molar-refractivity contribution in [1.29, 1.82) is 0 Å². The maximum Gasteiger partial charge on any atom is 0.253 e. The average Bonchev–Trinajstić information content (AvgIpc) is 1.64. The molecule has 0 amide bonds. The van der Waals surface area contributed by atoms with E-state index in [1.54, 1.807) is 13.8 Å². The number of alkyl halides is 2. The molecule has 0 spiro atoms. The molecule has 0 heterocycles. The summed E-state index contributed by atoms with van der Waals surface area (Å²) >= 11 is 0. The molecule has 0 aliphatic carbocycles. The number of halogens is 2. The molecule has 0 aromatic rings. The highest BCUT2D eigenvalue weighted by Gasteiger charge is 2.17. The van der Waals surface area contributed by atoms with Gasteiger partial charge in [0, 0.05) is 0 Å². The van der Waals surface area contributed by atoms with Gasteiger partial charge in [-0.1, -0.05) is 13.8 Å². The van der Waals surface area contributed by atoms with Gasteiger partial charge in [0.05, 0.1) is 6.04 Å². The lowest BCUT2D eigenvalue weighted by atomic mass is 10.1. The SMILES string of the molecule is CC(C)[C@H](N)C(F)F. The van der Waals surface area contributed by atoms with Crippen LogP contribution >= 0.6 is 0 Å². The number of hydrogen-bond donors (Lipinski definition) is 1. The predicted octanol–water partition coefficient (Wildman–Crippen LogP) is 1.23. The Balaban J connectivity index is 3.46. The summed E-state index contributed by atoms with van der Waals surface area (Å²) in [6.07, 6.45) is -2.38. The normalized spacial score (nSPS) is 15.4. The molecular formula is C5H11F2N. The number of nitrogens with two attached hydrogens (primary N) is 1. The van der Waals surface area contributed by atoms with E-state index in [1.165, 1.54) is 0 Å². The Hall–Kier alpha value is -0.180. The van der Waals surface area contributed by atoms with Crippen molar-refractivity contribution in [3.63, 3.8) is 0 Å². The molecule has 0 radical (unpaired) electrons. The van der Waals surface area contributed by atoms with E-state index in [0.717, 1.165) is 0 Å². The Kier molecular flexibility index (Phi) is 2.90. The summed E-state index contributed by atoms with van der Waals surface area (Å²) < 4.78 is 23.1. The maximum atomic E-state index is 11.6. The van der Waals surface area contributed by atoms with Crippen LogP contribution in [0.1, 0.15) is 13.8 Å². The molecule has 3 heteroatoms. The molecule has 0 saturated heterocycles. The summed E-state index contributed by atoms with van der Waals surface area (Å²) in [5.74, 6) is -0.130. The quantitative estimate of drug-likeness (QED) is 0.587. The first-order chi connectivity index (χ1) is 3.55. The molecule has 0 aliphatic rings. The summed E-state index contributed by atoms with van der Waals surface area (Å²) in [5, 5.41) is 0. The molecular weight excluding hydrogens is 112 g/mol. The predicted molar refractivity (Wildman–Crippen MR) is 28.8 cm³/mol. The van der Waals surface area contributed by atoms with Crippen LogP contribution in [0.25, 0.3) is 0 Å². The van der Waals surface area contributed by atoms with E-state index in [4.69, 9.17) is 5.73 Å². The number of rotatable bonds is 2. The second-order valence-electron chi connectivity index (χ2n) is 2.16. The third-order valence-electron chi connectivity index (χ3n) is 1.06. The van der Waals surface area contributed by atoms with Gasteiger partial charge >= 0.3 is 0 Å². The van der Waals surface area contributed by atoms with Gasteiger partial charge in [-0.15, -0.1) is 0 Å². The van der Waals surface area contributed by atoms with Gasteiger partial charge in [-0.2, -0.15) is 0 Å². The molecule has 0 unspecified atom stereocenters. The standard InChI is InChI=1S/C5H11F2N/c1-3(2)4(8)5(6)7/h3-5H,8H2,1-2H3/t4-/m0/s1.